The minimum atomic E-state index is -0.523. The van der Waals surface area contributed by atoms with Crippen LogP contribution in [0.25, 0.3) is 0 Å². The molecule has 1 aromatic carbocycles. The zero-order valence-corrected chi connectivity index (χ0v) is 9.23. The van der Waals surface area contributed by atoms with Gasteiger partial charge in [-0.1, -0.05) is 35.8 Å². The van der Waals surface area contributed by atoms with Crippen molar-refractivity contribution in [3.63, 3.8) is 0 Å². The van der Waals surface area contributed by atoms with Gasteiger partial charge in [0.1, 0.15) is 5.82 Å². The van der Waals surface area contributed by atoms with Gasteiger partial charge in [0.15, 0.2) is 0 Å². The van der Waals surface area contributed by atoms with E-state index in [4.69, 9.17) is 5.11 Å². The molecule has 1 nitrogen and oxygen atoms in total. The van der Waals surface area contributed by atoms with E-state index in [1.807, 2.05) is 0 Å². The Hall–Kier alpha value is -0.410. The van der Waals surface area contributed by atoms with Crippen LogP contribution in [0, 0.1) is 5.82 Å². The Labute approximate surface area is 85.7 Å². The fraction of sp³-hybridized carbons (Fsp3) is 0.400. The first-order valence-electron chi connectivity index (χ1n) is 4.04. The molecule has 13 heavy (non-hydrogen) atoms. The number of hydrogen-bond acceptors (Lipinski definition) is 1. The molecule has 0 aliphatic heterocycles. The molecule has 0 heterocycles. The molecular weight excluding hydrogens is 235 g/mol. The first-order valence-corrected chi connectivity index (χ1v) is 4.83. The molecule has 0 bridgehead atoms. The number of halogens is 2. The molecule has 0 saturated carbocycles. The van der Waals surface area contributed by atoms with Gasteiger partial charge in [0.2, 0.25) is 0 Å². The van der Waals surface area contributed by atoms with E-state index < -0.39 is 5.41 Å². The molecule has 0 saturated heterocycles. The van der Waals surface area contributed by atoms with Crippen LogP contribution in [0.3, 0.4) is 0 Å². The number of aliphatic hydroxyl groups is 1. The van der Waals surface area contributed by atoms with Crippen LogP contribution in [0.2, 0.25) is 0 Å². The summed E-state index contributed by atoms with van der Waals surface area (Å²) in [6, 6.07) is 4.87. The van der Waals surface area contributed by atoms with Crippen LogP contribution in [0.1, 0.15) is 19.4 Å². The highest BCUT2D eigenvalue weighted by atomic mass is 79.9. The largest absolute Gasteiger partial charge is 0.395 e. The van der Waals surface area contributed by atoms with E-state index in [1.165, 1.54) is 6.07 Å². The normalized spacial score (nSPS) is 11.8. The van der Waals surface area contributed by atoms with Crippen molar-refractivity contribution in [3.8, 4) is 0 Å². The molecule has 0 aliphatic carbocycles. The van der Waals surface area contributed by atoms with Crippen molar-refractivity contribution >= 4 is 15.9 Å². The molecule has 0 aliphatic rings. The molecule has 0 atom stereocenters. The molecule has 0 spiro atoms. The summed E-state index contributed by atoms with van der Waals surface area (Å²) in [6.07, 6.45) is 0. The van der Waals surface area contributed by atoms with Crippen LogP contribution >= 0.6 is 15.9 Å². The third-order valence-corrected chi connectivity index (χ3v) is 2.55. The highest BCUT2D eigenvalue weighted by molar-refractivity contribution is 9.10. The average Bonchev–Trinajstić information content (AvgIpc) is 2.03. The molecule has 0 amide bonds. The van der Waals surface area contributed by atoms with Gasteiger partial charge in [0.05, 0.1) is 6.61 Å². The predicted octanol–water partition coefficient (Wildman–Crippen LogP) is 2.86. The second-order valence-electron chi connectivity index (χ2n) is 3.67. The molecular formula is C10H12BrFO. The fourth-order valence-corrected chi connectivity index (χ4v) is 1.46. The number of benzene rings is 1. The van der Waals surface area contributed by atoms with Crippen LogP contribution in [0.15, 0.2) is 22.7 Å². The maximum atomic E-state index is 13.4. The van der Waals surface area contributed by atoms with Crippen LogP contribution in [0.5, 0.6) is 0 Å². The van der Waals surface area contributed by atoms with Gasteiger partial charge < -0.3 is 5.11 Å². The molecule has 1 rings (SSSR count). The number of aliphatic hydroxyl groups excluding tert-OH is 1. The summed E-state index contributed by atoms with van der Waals surface area (Å²) in [5.74, 6) is -0.284. The molecule has 1 aromatic rings. The Kier molecular flexibility index (Phi) is 3.09. The zero-order valence-electron chi connectivity index (χ0n) is 7.64. The summed E-state index contributed by atoms with van der Waals surface area (Å²) < 4.78 is 14.1. The van der Waals surface area contributed by atoms with Crippen molar-refractivity contribution in [1.82, 2.24) is 0 Å². The second kappa shape index (κ2) is 3.76. The molecule has 0 unspecified atom stereocenters. The van der Waals surface area contributed by atoms with Gasteiger partial charge in [0, 0.05) is 9.89 Å². The lowest BCUT2D eigenvalue weighted by molar-refractivity contribution is 0.215. The Bertz CT molecular complexity index is 310. The van der Waals surface area contributed by atoms with E-state index in [2.05, 4.69) is 15.9 Å². The van der Waals surface area contributed by atoms with Crippen molar-refractivity contribution in [2.75, 3.05) is 6.61 Å². The maximum Gasteiger partial charge on any atom is 0.128 e. The average molecular weight is 247 g/mol. The van der Waals surface area contributed by atoms with Crippen molar-refractivity contribution in [1.29, 1.82) is 0 Å². The minimum Gasteiger partial charge on any atom is -0.395 e. The van der Waals surface area contributed by atoms with Gasteiger partial charge in [-0.25, -0.2) is 4.39 Å². The smallest absolute Gasteiger partial charge is 0.128 e. The number of rotatable bonds is 2. The zero-order chi connectivity index (χ0) is 10.1. The highest BCUT2D eigenvalue weighted by Crippen LogP contribution is 2.27. The van der Waals surface area contributed by atoms with E-state index >= 15 is 0 Å². The quantitative estimate of drug-likeness (QED) is 0.851. The molecule has 3 heteroatoms. The Morgan fingerprint density at radius 1 is 1.46 bits per heavy atom. The molecule has 0 radical (unpaired) electrons. The van der Waals surface area contributed by atoms with Crippen molar-refractivity contribution < 1.29 is 9.50 Å². The topological polar surface area (TPSA) is 20.2 Å². The predicted molar refractivity (Wildman–Crippen MR) is 54.2 cm³/mol. The van der Waals surface area contributed by atoms with Crippen molar-refractivity contribution in [2.24, 2.45) is 0 Å². The van der Waals surface area contributed by atoms with Crippen molar-refractivity contribution in [3.05, 3.63) is 34.1 Å². The summed E-state index contributed by atoms with van der Waals surface area (Å²) in [7, 11) is 0. The highest BCUT2D eigenvalue weighted by Gasteiger charge is 2.22. The first-order chi connectivity index (χ1) is 5.97. The standard InChI is InChI=1S/C10H12BrFO/c1-10(2,6-13)8-4-3-7(11)5-9(8)12/h3-5,13H,6H2,1-2H3. The third-order valence-electron chi connectivity index (χ3n) is 2.06. The van der Waals surface area contributed by atoms with Crippen LogP contribution < -0.4 is 0 Å². The SMILES string of the molecule is CC(C)(CO)c1ccc(Br)cc1F. The van der Waals surface area contributed by atoms with E-state index in [9.17, 15) is 4.39 Å². The first kappa shape index (κ1) is 10.7. The summed E-state index contributed by atoms with van der Waals surface area (Å²) in [4.78, 5) is 0. The van der Waals surface area contributed by atoms with Crippen LogP contribution in [-0.2, 0) is 5.41 Å². The molecule has 0 fully saturated rings. The Morgan fingerprint density at radius 3 is 2.54 bits per heavy atom. The summed E-state index contributed by atoms with van der Waals surface area (Å²) in [5.41, 5.74) is 0.0170. The second-order valence-corrected chi connectivity index (χ2v) is 4.58. The number of hydrogen-bond donors (Lipinski definition) is 1. The van der Waals surface area contributed by atoms with Gasteiger partial charge in [0.25, 0.3) is 0 Å². The third kappa shape index (κ3) is 2.29. The van der Waals surface area contributed by atoms with Gasteiger partial charge in [-0.3, -0.25) is 0 Å². The van der Waals surface area contributed by atoms with Gasteiger partial charge >= 0.3 is 0 Å². The van der Waals surface area contributed by atoms with E-state index in [0.717, 1.165) is 0 Å². The monoisotopic (exact) mass is 246 g/mol. The molecule has 1 N–H and O–H groups in total. The van der Waals surface area contributed by atoms with Gasteiger partial charge in [-0.2, -0.15) is 0 Å². The lowest BCUT2D eigenvalue weighted by Crippen LogP contribution is -2.23. The van der Waals surface area contributed by atoms with Gasteiger partial charge in [-0.05, 0) is 17.7 Å². The lowest BCUT2D eigenvalue weighted by Gasteiger charge is -2.22. The maximum absolute atomic E-state index is 13.4. The fourth-order valence-electron chi connectivity index (χ4n) is 1.12. The van der Waals surface area contributed by atoms with Gasteiger partial charge in [-0.15, -0.1) is 0 Å². The minimum absolute atomic E-state index is 0.0639. The Balaban J connectivity index is 3.16. The summed E-state index contributed by atoms with van der Waals surface area (Å²) >= 11 is 3.18. The van der Waals surface area contributed by atoms with Crippen LogP contribution in [-0.4, -0.2) is 11.7 Å². The molecule has 0 aromatic heterocycles. The molecule has 72 valence electrons. The van der Waals surface area contributed by atoms with E-state index in [0.29, 0.717) is 10.0 Å². The van der Waals surface area contributed by atoms with E-state index in [1.54, 1.807) is 26.0 Å². The lowest BCUT2D eigenvalue weighted by atomic mass is 9.85. The summed E-state index contributed by atoms with van der Waals surface area (Å²) in [6.45, 7) is 3.55. The Morgan fingerprint density at radius 2 is 2.08 bits per heavy atom. The van der Waals surface area contributed by atoms with Crippen molar-refractivity contribution in [2.45, 2.75) is 19.3 Å². The van der Waals surface area contributed by atoms with Crippen LogP contribution in [0.4, 0.5) is 4.39 Å². The van der Waals surface area contributed by atoms with E-state index in [-0.39, 0.29) is 12.4 Å². The summed E-state index contributed by atoms with van der Waals surface area (Å²) in [5, 5.41) is 9.06.